The smallest absolute Gasteiger partial charge is 0.132 e. The molecule has 3 rings (SSSR count). The molecule has 0 saturated heterocycles. The van der Waals surface area contributed by atoms with Crippen molar-refractivity contribution >= 4 is 13.9 Å². The zero-order valence-corrected chi connectivity index (χ0v) is 16.4. The molecule has 0 N–H and O–H groups in total. The van der Waals surface area contributed by atoms with Gasteiger partial charge in [-0.05, 0) is 28.5 Å². The molecule has 0 bridgehead atoms. The molecule has 1 aromatic rings. The van der Waals surface area contributed by atoms with E-state index in [0.29, 0.717) is 25.4 Å². The van der Waals surface area contributed by atoms with E-state index in [2.05, 4.69) is 53.7 Å². The zero-order chi connectivity index (χ0) is 17.9. The highest BCUT2D eigenvalue weighted by Gasteiger charge is 2.42. The average Bonchev–Trinajstić information content (AvgIpc) is 3.07. The molecular formula is C20H25N2OP. The Bertz CT molecular complexity index is 718. The van der Waals surface area contributed by atoms with E-state index in [0.717, 1.165) is 29.7 Å². The molecule has 2 aliphatic rings. The van der Waals surface area contributed by atoms with Gasteiger partial charge in [0.25, 0.3) is 0 Å². The lowest BCUT2D eigenvalue weighted by Crippen LogP contribution is -2.30. The summed E-state index contributed by atoms with van der Waals surface area (Å²) in [6.07, 6.45) is 1.68. The normalized spacial score (nSPS) is 23.3. The van der Waals surface area contributed by atoms with Crippen LogP contribution in [0.3, 0.4) is 0 Å². The summed E-state index contributed by atoms with van der Waals surface area (Å²) >= 11 is 0. The van der Waals surface area contributed by atoms with Crippen molar-refractivity contribution in [3.63, 3.8) is 0 Å². The summed E-state index contributed by atoms with van der Waals surface area (Å²) in [5, 5.41) is 20.6. The molecule has 0 amide bonds. The van der Waals surface area contributed by atoms with Crippen LogP contribution >= 0.6 is 8.58 Å². The molecule has 3 nitrogen and oxygen atoms in total. The van der Waals surface area contributed by atoms with Crippen LogP contribution < -0.4 is 10.0 Å². The Balaban J connectivity index is 2.17. The van der Waals surface area contributed by atoms with E-state index >= 15 is 0 Å². The Morgan fingerprint density at radius 1 is 0.917 bits per heavy atom. The molecule has 4 heteroatoms. The van der Waals surface area contributed by atoms with Gasteiger partial charge in [0.05, 0.1) is 11.1 Å². The lowest BCUT2D eigenvalue weighted by Gasteiger charge is -2.27. The van der Waals surface area contributed by atoms with Gasteiger partial charge in [0, 0.05) is 17.3 Å². The van der Waals surface area contributed by atoms with E-state index in [-0.39, 0.29) is 16.9 Å². The second-order valence-electron chi connectivity index (χ2n) is 9.08. The van der Waals surface area contributed by atoms with Crippen molar-refractivity contribution in [2.75, 3.05) is 0 Å². The average molecular weight is 340 g/mol. The first-order chi connectivity index (χ1) is 11.1. The van der Waals surface area contributed by atoms with Crippen LogP contribution in [0.1, 0.15) is 63.8 Å². The molecule has 126 valence electrons. The van der Waals surface area contributed by atoms with Gasteiger partial charge in [0.15, 0.2) is 0 Å². The Hall–Kier alpha value is -1.57. The predicted octanol–water partition coefficient (Wildman–Crippen LogP) is 4.05. The minimum Gasteiger partial charge on any atom is -0.489 e. The number of hydrogen-bond acceptors (Lipinski definition) is 3. The fourth-order valence-electron chi connectivity index (χ4n) is 3.56. The summed E-state index contributed by atoms with van der Waals surface area (Å²) in [5.74, 6) is 0.922. The molecule has 0 aliphatic carbocycles. The molecule has 0 aromatic heterocycles. The molecule has 2 heterocycles. The van der Waals surface area contributed by atoms with Gasteiger partial charge in [0.2, 0.25) is 0 Å². The first-order valence-electron chi connectivity index (χ1n) is 8.53. The lowest BCUT2D eigenvalue weighted by atomic mass is 9.83. The number of ether oxygens (including phenoxy) is 1. The topological polar surface area (TPSA) is 56.8 Å². The number of nitrogens with zero attached hydrogens (tertiary/aromatic N) is 2. The highest BCUT2D eigenvalue weighted by molar-refractivity contribution is 7.49. The number of nitriles is 2. The maximum Gasteiger partial charge on any atom is 0.132 e. The summed E-state index contributed by atoms with van der Waals surface area (Å²) in [4.78, 5) is 0. The SMILES string of the molecule is CC(C)(C)C1Cc2c(C#N)c(C#N)c3c(c2O1)PC(C(C)(C)C)C3. The maximum atomic E-state index is 9.72. The van der Waals surface area contributed by atoms with E-state index in [4.69, 9.17) is 4.74 Å². The summed E-state index contributed by atoms with van der Waals surface area (Å²) in [6, 6.07) is 4.63. The van der Waals surface area contributed by atoms with E-state index in [1.807, 2.05) is 0 Å². The molecule has 0 fully saturated rings. The van der Waals surface area contributed by atoms with Gasteiger partial charge in [0.1, 0.15) is 24.0 Å². The monoisotopic (exact) mass is 340 g/mol. The van der Waals surface area contributed by atoms with Gasteiger partial charge in [-0.15, -0.1) is 0 Å². The van der Waals surface area contributed by atoms with E-state index in [9.17, 15) is 10.5 Å². The number of benzene rings is 1. The molecule has 3 atom stereocenters. The standard InChI is InChI=1S/C20H25N2OP/c1-19(2,3)15-7-11-13(9-21)14(10-22)12-8-16(20(4,5)6)24-18(12)17(11)23-15/h15-16,24H,7-8H2,1-6H3. The molecule has 0 saturated carbocycles. The molecular weight excluding hydrogens is 315 g/mol. The van der Waals surface area contributed by atoms with E-state index in [1.165, 1.54) is 5.30 Å². The van der Waals surface area contributed by atoms with Gasteiger partial charge in [-0.2, -0.15) is 10.5 Å². The first-order valence-corrected chi connectivity index (χ1v) is 9.60. The van der Waals surface area contributed by atoms with Crippen molar-refractivity contribution in [3.05, 3.63) is 22.3 Å². The summed E-state index contributed by atoms with van der Waals surface area (Å²) < 4.78 is 6.36. The second-order valence-corrected chi connectivity index (χ2v) is 10.6. The zero-order valence-electron chi connectivity index (χ0n) is 15.4. The molecule has 1 aromatic carbocycles. The number of rotatable bonds is 0. The van der Waals surface area contributed by atoms with Gasteiger partial charge < -0.3 is 4.74 Å². The quantitative estimate of drug-likeness (QED) is 0.669. The molecule has 0 spiro atoms. The Morgan fingerprint density at radius 3 is 2.00 bits per heavy atom. The lowest BCUT2D eigenvalue weighted by molar-refractivity contribution is 0.110. The van der Waals surface area contributed by atoms with Crippen LogP contribution in [0, 0.1) is 33.5 Å². The van der Waals surface area contributed by atoms with Crippen LogP contribution in [-0.2, 0) is 12.8 Å². The van der Waals surface area contributed by atoms with Crippen molar-refractivity contribution in [1.82, 2.24) is 0 Å². The van der Waals surface area contributed by atoms with Crippen molar-refractivity contribution in [2.24, 2.45) is 10.8 Å². The highest BCUT2D eigenvalue weighted by atomic mass is 31.1. The second kappa shape index (κ2) is 5.47. The van der Waals surface area contributed by atoms with Crippen LogP contribution in [0.2, 0.25) is 0 Å². The van der Waals surface area contributed by atoms with Crippen LogP contribution in [0.5, 0.6) is 5.75 Å². The molecule has 0 radical (unpaired) electrons. The van der Waals surface area contributed by atoms with Crippen molar-refractivity contribution in [2.45, 2.75) is 66.1 Å². The third-order valence-corrected chi connectivity index (χ3v) is 7.50. The third-order valence-electron chi connectivity index (χ3n) is 5.27. The summed E-state index contributed by atoms with van der Waals surface area (Å²) in [6.45, 7) is 13.3. The highest BCUT2D eigenvalue weighted by Crippen LogP contribution is 2.49. The third kappa shape index (κ3) is 2.60. The van der Waals surface area contributed by atoms with Crippen LogP contribution in [0.25, 0.3) is 0 Å². The predicted molar refractivity (Wildman–Crippen MR) is 98.3 cm³/mol. The Morgan fingerprint density at radius 2 is 1.50 bits per heavy atom. The Kier molecular flexibility index (Phi) is 3.94. The molecule has 24 heavy (non-hydrogen) atoms. The number of hydrogen-bond donors (Lipinski definition) is 0. The summed E-state index contributed by atoms with van der Waals surface area (Å²) in [7, 11) is 0.649. The van der Waals surface area contributed by atoms with Crippen LogP contribution in [0.15, 0.2) is 0 Å². The van der Waals surface area contributed by atoms with Crippen LogP contribution in [0.4, 0.5) is 0 Å². The fraction of sp³-hybridized carbons (Fsp3) is 0.600. The minimum atomic E-state index is 0.0105. The molecule has 2 aliphatic heterocycles. The van der Waals surface area contributed by atoms with Crippen LogP contribution in [-0.4, -0.2) is 11.8 Å². The van der Waals surface area contributed by atoms with Crippen molar-refractivity contribution in [1.29, 1.82) is 10.5 Å². The number of fused-ring (bicyclic) bond motifs is 3. The molecule has 3 unspecified atom stereocenters. The fourth-order valence-corrected chi connectivity index (χ4v) is 5.39. The first kappa shape index (κ1) is 17.3. The van der Waals surface area contributed by atoms with Crippen molar-refractivity contribution < 1.29 is 4.74 Å². The van der Waals surface area contributed by atoms with Crippen molar-refractivity contribution in [3.8, 4) is 17.9 Å². The van der Waals surface area contributed by atoms with Gasteiger partial charge in [-0.3, -0.25) is 0 Å². The van der Waals surface area contributed by atoms with E-state index < -0.39 is 0 Å². The maximum absolute atomic E-state index is 9.72. The van der Waals surface area contributed by atoms with Gasteiger partial charge in [-0.25, -0.2) is 0 Å². The largest absolute Gasteiger partial charge is 0.489 e. The minimum absolute atomic E-state index is 0.0105. The summed E-state index contributed by atoms with van der Waals surface area (Å²) in [5.41, 5.74) is 3.90. The van der Waals surface area contributed by atoms with E-state index in [1.54, 1.807) is 0 Å². The van der Waals surface area contributed by atoms with Gasteiger partial charge in [-0.1, -0.05) is 50.1 Å². The van der Waals surface area contributed by atoms with Gasteiger partial charge >= 0.3 is 0 Å². The Labute approximate surface area is 146 Å².